The minimum absolute atomic E-state index is 0.222. The van der Waals surface area contributed by atoms with Crippen LogP contribution in [0.2, 0.25) is 0 Å². The third-order valence-corrected chi connectivity index (χ3v) is 2.98. The number of hydrogen-bond donors (Lipinski definition) is 2. The summed E-state index contributed by atoms with van der Waals surface area (Å²) in [5.41, 5.74) is 2.79. The van der Waals surface area contributed by atoms with Crippen molar-refractivity contribution in [2.45, 2.75) is 25.8 Å². The Morgan fingerprint density at radius 1 is 1.41 bits per heavy atom. The zero-order valence-electron chi connectivity index (χ0n) is 9.63. The zero-order valence-corrected chi connectivity index (χ0v) is 9.63. The lowest BCUT2D eigenvalue weighted by Crippen LogP contribution is -2.02. The molecule has 3 nitrogen and oxygen atoms in total. The number of halogens is 1. The number of nitrogens with one attached hydrogen (secondary N) is 2. The molecule has 3 rings (SSSR count). The molecule has 1 aliphatic carbocycles. The van der Waals surface area contributed by atoms with Crippen molar-refractivity contribution in [3.05, 3.63) is 35.8 Å². The molecule has 1 heterocycles. The molecule has 1 aliphatic rings. The molecule has 2 N–H and O–H groups in total. The van der Waals surface area contributed by atoms with Gasteiger partial charge in [0.05, 0.1) is 0 Å². The van der Waals surface area contributed by atoms with Crippen LogP contribution < -0.4 is 5.32 Å². The van der Waals surface area contributed by atoms with Gasteiger partial charge in [0.1, 0.15) is 5.82 Å². The number of H-pyrrole nitrogens is 1. The summed E-state index contributed by atoms with van der Waals surface area (Å²) in [5.74, 6) is 0.607. The summed E-state index contributed by atoms with van der Waals surface area (Å²) in [5, 5.41) is 10.6. The normalized spacial score (nSPS) is 14.9. The Morgan fingerprint density at radius 2 is 2.24 bits per heavy atom. The second kappa shape index (κ2) is 3.87. The predicted octanol–water partition coefficient (Wildman–Crippen LogP) is 3.10. The zero-order chi connectivity index (χ0) is 11.8. The predicted molar refractivity (Wildman–Crippen MR) is 65.4 cm³/mol. The van der Waals surface area contributed by atoms with E-state index in [-0.39, 0.29) is 5.82 Å². The quantitative estimate of drug-likeness (QED) is 0.852. The number of hydrogen-bond acceptors (Lipinski definition) is 2. The van der Waals surface area contributed by atoms with Crippen LogP contribution in [0.3, 0.4) is 0 Å². The van der Waals surface area contributed by atoms with Gasteiger partial charge in [-0.25, -0.2) is 4.39 Å². The highest BCUT2D eigenvalue weighted by atomic mass is 19.1. The van der Waals surface area contributed by atoms with E-state index in [4.69, 9.17) is 0 Å². The summed E-state index contributed by atoms with van der Waals surface area (Å²) in [6.07, 6.45) is 2.38. The minimum Gasteiger partial charge on any atom is -0.365 e. The van der Waals surface area contributed by atoms with Gasteiger partial charge in [-0.3, -0.25) is 5.10 Å². The molecular weight excluding hydrogens is 217 g/mol. The van der Waals surface area contributed by atoms with Crippen LogP contribution in [0.4, 0.5) is 10.2 Å². The molecule has 88 valence electrons. The number of rotatable bonds is 3. The van der Waals surface area contributed by atoms with E-state index in [0.29, 0.717) is 6.04 Å². The van der Waals surface area contributed by atoms with E-state index in [2.05, 4.69) is 15.5 Å². The van der Waals surface area contributed by atoms with Gasteiger partial charge in [0.2, 0.25) is 0 Å². The van der Waals surface area contributed by atoms with Crippen LogP contribution in [0.25, 0.3) is 11.1 Å². The van der Waals surface area contributed by atoms with Crippen molar-refractivity contribution in [1.29, 1.82) is 0 Å². The molecular formula is C13H14FN3. The maximum atomic E-state index is 13.2. The lowest BCUT2D eigenvalue weighted by Gasteiger charge is -2.05. The first-order valence-electron chi connectivity index (χ1n) is 5.81. The highest BCUT2D eigenvalue weighted by Crippen LogP contribution is 2.33. The van der Waals surface area contributed by atoms with Crippen LogP contribution in [0.5, 0.6) is 0 Å². The minimum atomic E-state index is -0.222. The van der Waals surface area contributed by atoms with Gasteiger partial charge in [-0.2, -0.15) is 5.10 Å². The van der Waals surface area contributed by atoms with Gasteiger partial charge in [-0.15, -0.1) is 0 Å². The van der Waals surface area contributed by atoms with Gasteiger partial charge >= 0.3 is 0 Å². The average Bonchev–Trinajstić information content (AvgIpc) is 3.03. The first-order valence-corrected chi connectivity index (χ1v) is 5.81. The second-order valence-electron chi connectivity index (χ2n) is 4.50. The van der Waals surface area contributed by atoms with Gasteiger partial charge in [0.15, 0.2) is 5.82 Å². The molecule has 0 spiro atoms. The van der Waals surface area contributed by atoms with E-state index in [0.717, 1.165) is 22.6 Å². The van der Waals surface area contributed by atoms with Gasteiger partial charge in [-0.05, 0) is 37.5 Å². The standard InChI is InChI=1S/C13H14FN3/c1-8-12(9-3-2-4-10(14)7-9)13(17-16-8)15-11-5-6-11/h2-4,7,11H,5-6H2,1H3,(H2,15,16,17). The van der Waals surface area contributed by atoms with Crippen molar-refractivity contribution >= 4 is 5.82 Å². The number of aromatic amines is 1. The van der Waals surface area contributed by atoms with Gasteiger partial charge in [0, 0.05) is 17.3 Å². The van der Waals surface area contributed by atoms with E-state index >= 15 is 0 Å². The molecule has 17 heavy (non-hydrogen) atoms. The molecule has 0 atom stereocenters. The lowest BCUT2D eigenvalue weighted by atomic mass is 10.1. The van der Waals surface area contributed by atoms with E-state index < -0.39 is 0 Å². The van der Waals surface area contributed by atoms with Crippen molar-refractivity contribution in [2.75, 3.05) is 5.32 Å². The maximum Gasteiger partial charge on any atom is 0.156 e. The maximum absolute atomic E-state index is 13.2. The van der Waals surface area contributed by atoms with Crippen LogP contribution >= 0.6 is 0 Å². The summed E-state index contributed by atoms with van der Waals surface area (Å²) in [6.45, 7) is 1.95. The Hall–Kier alpha value is -1.84. The molecule has 0 saturated heterocycles. The number of anilines is 1. The highest BCUT2D eigenvalue weighted by molar-refractivity contribution is 5.77. The molecule has 0 bridgehead atoms. The Bertz CT molecular complexity index is 543. The fourth-order valence-electron chi connectivity index (χ4n) is 1.95. The number of nitrogens with zero attached hydrogens (tertiary/aromatic N) is 1. The molecule has 0 amide bonds. The summed E-state index contributed by atoms with van der Waals surface area (Å²) in [6, 6.07) is 7.14. The van der Waals surface area contributed by atoms with E-state index in [1.807, 2.05) is 13.0 Å². The summed E-state index contributed by atoms with van der Waals surface area (Å²) in [7, 11) is 0. The van der Waals surface area contributed by atoms with E-state index in [9.17, 15) is 4.39 Å². The number of aryl methyl sites for hydroxylation is 1. The van der Waals surface area contributed by atoms with Crippen molar-refractivity contribution < 1.29 is 4.39 Å². The third-order valence-electron chi connectivity index (χ3n) is 2.98. The largest absolute Gasteiger partial charge is 0.365 e. The molecule has 2 aromatic rings. The Labute approximate surface area is 99.1 Å². The number of aromatic nitrogens is 2. The van der Waals surface area contributed by atoms with Crippen molar-refractivity contribution in [3.8, 4) is 11.1 Å². The van der Waals surface area contributed by atoms with Crippen LogP contribution in [-0.2, 0) is 0 Å². The van der Waals surface area contributed by atoms with Crippen molar-refractivity contribution in [1.82, 2.24) is 10.2 Å². The Morgan fingerprint density at radius 3 is 2.94 bits per heavy atom. The molecule has 4 heteroatoms. The fourth-order valence-corrected chi connectivity index (χ4v) is 1.95. The van der Waals surface area contributed by atoms with Crippen LogP contribution in [-0.4, -0.2) is 16.2 Å². The molecule has 0 unspecified atom stereocenters. The molecule has 1 aromatic heterocycles. The van der Waals surface area contributed by atoms with Crippen LogP contribution in [0, 0.1) is 12.7 Å². The summed E-state index contributed by atoms with van der Waals surface area (Å²) >= 11 is 0. The third kappa shape index (κ3) is 2.02. The van der Waals surface area contributed by atoms with Gasteiger partial charge < -0.3 is 5.32 Å². The summed E-state index contributed by atoms with van der Waals surface area (Å²) < 4.78 is 13.2. The lowest BCUT2D eigenvalue weighted by molar-refractivity contribution is 0.628. The van der Waals surface area contributed by atoms with Gasteiger partial charge in [-0.1, -0.05) is 12.1 Å². The first kappa shape index (κ1) is 10.3. The molecule has 0 radical (unpaired) electrons. The van der Waals surface area contributed by atoms with E-state index in [1.54, 1.807) is 6.07 Å². The molecule has 1 fully saturated rings. The Kier molecular flexibility index (Phi) is 2.35. The SMILES string of the molecule is Cc1[nH]nc(NC2CC2)c1-c1cccc(F)c1. The Balaban J connectivity index is 2.02. The van der Waals surface area contributed by atoms with Crippen LogP contribution in [0.15, 0.2) is 24.3 Å². The average molecular weight is 231 g/mol. The first-order chi connectivity index (χ1) is 8.24. The molecule has 0 aliphatic heterocycles. The molecule has 1 aromatic carbocycles. The van der Waals surface area contributed by atoms with Crippen molar-refractivity contribution in [2.24, 2.45) is 0 Å². The fraction of sp³-hybridized carbons (Fsp3) is 0.308. The topological polar surface area (TPSA) is 40.7 Å². The molecule has 1 saturated carbocycles. The smallest absolute Gasteiger partial charge is 0.156 e. The van der Waals surface area contributed by atoms with Crippen LogP contribution in [0.1, 0.15) is 18.5 Å². The van der Waals surface area contributed by atoms with E-state index in [1.165, 1.54) is 25.0 Å². The highest BCUT2D eigenvalue weighted by Gasteiger charge is 2.24. The summed E-state index contributed by atoms with van der Waals surface area (Å²) in [4.78, 5) is 0. The monoisotopic (exact) mass is 231 g/mol. The van der Waals surface area contributed by atoms with Crippen molar-refractivity contribution in [3.63, 3.8) is 0 Å². The second-order valence-corrected chi connectivity index (χ2v) is 4.50. The van der Waals surface area contributed by atoms with Gasteiger partial charge in [0.25, 0.3) is 0 Å². The number of benzene rings is 1.